The molecule has 0 saturated carbocycles. The van der Waals surface area contributed by atoms with E-state index in [4.69, 9.17) is 4.74 Å². The Bertz CT molecular complexity index is 618. The van der Waals surface area contributed by atoms with Gasteiger partial charge in [0.25, 0.3) is 0 Å². The van der Waals surface area contributed by atoms with E-state index in [0.717, 1.165) is 25.9 Å². The maximum absolute atomic E-state index is 9.94. The fourth-order valence-corrected chi connectivity index (χ4v) is 4.27. The Balaban J connectivity index is 0.000000474. The molecule has 30 heavy (non-hydrogen) atoms. The van der Waals surface area contributed by atoms with Gasteiger partial charge in [-0.1, -0.05) is 99.4 Å². The minimum absolute atomic E-state index is 0.116. The lowest BCUT2D eigenvalue weighted by molar-refractivity contribution is -0.190. The van der Waals surface area contributed by atoms with Crippen LogP contribution in [0.5, 0.6) is 0 Å². The zero-order chi connectivity index (χ0) is 22.4. The van der Waals surface area contributed by atoms with Crippen LogP contribution in [-0.4, -0.2) is 33.1 Å². The summed E-state index contributed by atoms with van der Waals surface area (Å²) in [7, 11) is 0. The van der Waals surface area contributed by atoms with Gasteiger partial charge in [0.2, 0.25) is 0 Å². The van der Waals surface area contributed by atoms with Gasteiger partial charge in [-0.05, 0) is 39.2 Å². The van der Waals surface area contributed by atoms with Gasteiger partial charge in [-0.2, -0.15) is 0 Å². The molecule has 1 fully saturated rings. The summed E-state index contributed by atoms with van der Waals surface area (Å²) in [5.41, 5.74) is 1.31. The highest BCUT2D eigenvalue weighted by Gasteiger charge is 2.29. The second kappa shape index (κ2) is 14.6. The molecule has 0 bridgehead atoms. The second-order valence-corrected chi connectivity index (χ2v) is 10.3. The molecule has 3 rings (SSSR count). The van der Waals surface area contributed by atoms with Crippen molar-refractivity contribution in [1.82, 2.24) is 4.31 Å². The first kappa shape index (κ1) is 26.7. The van der Waals surface area contributed by atoms with Crippen LogP contribution >= 0.6 is 11.9 Å². The summed E-state index contributed by atoms with van der Waals surface area (Å²) < 4.78 is 8.32. The van der Waals surface area contributed by atoms with Crippen molar-refractivity contribution in [3.8, 4) is 0 Å². The predicted octanol–water partition coefficient (Wildman–Crippen LogP) is 6.78. The smallest absolute Gasteiger partial charge is 0.157 e. The lowest BCUT2D eigenvalue weighted by atomic mass is 9.99. The summed E-state index contributed by atoms with van der Waals surface area (Å²) in [5, 5.41) is 9.94. The molecule has 2 aromatic rings. The van der Waals surface area contributed by atoms with Gasteiger partial charge < -0.3 is 9.84 Å². The minimum atomic E-state index is -0.614. The Hall–Kier alpha value is -1.33. The van der Waals surface area contributed by atoms with E-state index in [1.54, 1.807) is 0 Å². The summed E-state index contributed by atoms with van der Waals surface area (Å²) >= 11 is 1.86. The summed E-state index contributed by atoms with van der Waals surface area (Å²) in [6, 6.07) is 22.5. The fourth-order valence-electron chi connectivity index (χ4n) is 3.05. The molecule has 1 heterocycles. The summed E-state index contributed by atoms with van der Waals surface area (Å²) in [5.74, 6) is 0.245. The third-order valence-electron chi connectivity index (χ3n) is 4.44. The molecule has 3 atom stereocenters. The van der Waals surface area contributed by atoms with E-state index in [2.05, 4.69) is 49.3 Å². The first-order valence-corrected chi connectivity index (χ1v) is 11.9. The highest BCUT2D eigenvalue weighted by Crippen LogP contribution is 2.31. The third-order valence-corrected chi connectivity index (χ3v) is 5.53. The van der Waals surface area contributed by atoms with E-state index in [-0.39, 0.29) is 16.8 Å². The molecule has 0 amide bonds. The molecule has 1 saturated heterocycles. The average Bonchev–Trinajstić information content (AvgIpc) is 2.73. The maximum Gasteiger partial charge on any atom is 0.157 e. The van der Waals surface area contributed by atoms with Gasteiger partial charge in [-0.15, -0.1) is 0 Å². The Morgan fingerprint density at radius 2 is 1.43 bits per heavy atom. The van der Waals surface area contributed by atoms with Crippen molar-refractivity contribution in [2.45, 2.75) is 78.1 Å². The molecule has 0 aliphatic carbocycles. The molecule has 1 aliphatic heterocycles. The molecule has 0 aromatic heterocycles. The predicted molar refractivity (Wildman–Crippen MR) is 131 cm³/mol. The van der Waals surface area contributed by atoms with Crippen LogP contribution in [0.2, 0.25) is 0 Å². The number of aliphatic hydroxyl groups excluding tert-OH is 1. The van der Waals surface area contributed by atoms with Crippen LogP contribution in [0.25, 0.3) is 0 Å². The summed E-state index contributed by atoms with van der Waals surface area (Å²) in [6.45, 7) is 14.5. The first-order valence-electron chi connectivity index (χ1n) is 11.1. The van der Waals surface area contributed by atoms with Crippen molar-refractivity contribution in [2.75, 3.05) is 6.54 Å². The number of hydrogen-bond acceptors (Lipinski definition) is 4. The van der Waals surface area contributed by atoms with Crippen LogP contribution in [0.3, 0.4) is 0 Å². The standard InChI is InChI=1S/C18H29NO2S.C6H6.C2H6/c1-14-10-11-16(21-17(14)20)13-19(22-18(2,3)4)12-15-8-6-5-7-9-15;1-2-4-6-5-3-1;1-2/h5-9,14,16-17,20H,10-13H2,1-4H3;1-6H;1-2H3. The van der Waals surface area contributed by atoms with Crippen LogP contribution in [0.1, 0.15) is 59.9 Å². The lowest BCUT2D eigenvalue weighted by Gasteiger charge is -2.36. The average molecular weight is 432 g/mol. The number of ether oxygens (including phenoxy) is 1. The maximum atomic E-state index is 9.94. The van der Waals surface area contributed by atoms with Crippen molar-refractivity contribution in [3.05, 3.63) is 72.3 Å². The highest BCUT2D eigenvalue weighted by molar-refractivity contribution is 7.98. The molecule has 0 radical (unpaired) electrons. The van der Waals surface area contributed by atoms with E-state index in [1.165, 1.54) is 5.56 Å². The molecule has 2 aromatic carbocycles. The number of hydrogen-bond donors (Lipinski definition) is 1. The van der Waals surface area contributed by atoms with Crippen molar-refractivity contribution in [3.63, 3.8) is 0 Å². The van der Waals surface area contributed by atoms with Gasteiger partial charge >= 0.3 is 0 Å². The van der Waals surface area contributed by atoms with Crippen molar-refractivity contribution >= 4 is 11.9 Å². The number of benzene rings is 2. The summed E-state index contributed by atoms with van der Waals surface area (Å²) in [4.78, 5) is 0. The quantitative estimate of drug-likeness (QED) is 0.529. The third kappa shape index (κ3) is 11.8. The Kier molecular flexibility index (Phi) is 13.0. The Morgan fingerprint density at radius 3 is 1.90 bits per heavy atom. The molecule has 0 spiro atoms. The van der Waals surface area contributed by atoms with Crippen LogP contribution in [0.4, 0.5) is 0 Å². The zero-order valence-electron chi connectivity index (χ0n) is 19.6. The highest BCUT2D eigenvalue weighted by atomic mass is 32.2. The monoisotopic (exact) mass is 431 g/mol. The molecular formula is C26H41NO2S. The Labute approximate surface area is 189 Å². The van der Waals surface area contributed by atoms with Gasteiger partial charge in [0.05, 0.1) is 6.10 Å². The van der Waals surface area contributed by atoms with E-state index >= 15 is 0 Å². The van der Waals surface area contributed by atoms with E-state index in [9.17, 15) is 5.11 Å². The van der Waals surface area contributed by atoms with E-state index < -0.39 is 6.29 Å². The van der Waals surface area contributed by atoms with Gasteiger partial charge in [-0.25, -0.2) is 4.31 Å². The van der Waals surface area contributed by atoms with Gasteiger partial charge in [-0.3, -0.25) is 0 Å². The van der Waals surface area contributed by atoms with Crippen LogP contribution in [0.15, 0.2) is 66.7 Å². The SMILES string of the molecule is CC.CC1CCC(CN(Cc2ccccc2)SC(C)(C)C)OC1O.c1ccccc1. The molecule has 1 aliphatic rings. The zero-order valence-corrected chi connectivity index (χ0v) is 20.4. The summed E-state index contributed by atoms with van der Waals surface area (Å²) in [6.07, 6.45) is 1.56. The molecule has 4 heteroatoms. The molecule has 1 N–H and O–H groups in total. The van der Waals surface area contributed by atoms with E-state index in [1.807, 2.05) is 75.2 Å². The number of aliphatic hydroxyl groups is 1. The molecular weight excluding hydrogens is 390 g/mol. The fraction of sp³-hybridized carbons (Fsp3) is 0.538. The minimum Gasteiger partial charge on any atom is -0.368 e. The first-order chi connectivity index (χ1) is 14.3. The largest absolute Gasteiger partial charge is 0.368 e. The van der Waals surface area contributed by atoms with Crippen molar-refractivity contribution < 1.29 is 9.84 Å². The van der Waals surface area contributed by atoms with Gasteiger partial charge in [0.15, 0.2) is 6.29 Å². The van der Waals surface area contributed by atoms with Gasteiger partial charge in [0.1, 0.15) is 0 Å². The topological polar surface area (TPSA) is 32.7 Å². The Morgan fingerprint density at radius 1 is 0.933 bits per heavy atom. The van der Waals surface area contributed by atoms with Crippen LogP contribution < -0.4 is 0 Å². The van der Waals surface area contributed by atoms with Crippen molar-refractivity contribution in [1.29, 1.82) is 0 Å². The number of nitrogens with zero attached hydrogens (tertiary/aromatic N) is 1. The van der Waals surface area contributed by atoms with Gasteiger partial charge in [0, 0.05) is 23.8 Å². The van der Waals surface area contributed by atoms with Crippen LogP contribution in [0, 0.1) is 5.92 Å². The molecule has 3 nitrogen and oxygen atoms in total. The normalized spacial score (nSPS) is 21.1. The van der Waals surface area contributed by atoms with E-state index in [0.29, 0.717) is 0 Å². The molecule has 168 valence electrons. The number of rotatable bonds is 5. The van der Waals surface area contributed by atoms with Crippen molar-refractivity contribution in [2.24, 2.45) is 5.92 Å². The second-order valence-electron chi connectivity index (χ2n) is 8.37. The lowest BCUT2D eigenvalue weighted by Crippen LogP contribution is -2.40. The molecule has 3 unspecified atom stereocenters. The van der Waals surface area contributed by atoms with Crippen LogP contribution in [-0.2, 0) is 11.3 Å².